The molecule has 0 saturated heterocycles. The second kappa shape index (κ2) is 5.13. The molecule has 0 aromatic heterocycles. The molecule has 0 amide bonds. The van der Waals surface area contributed by atoms with Gasteiger partial charge in [-0.25, -0.2) is 12.8 Å². The number of hydrogen-bond donors (Lipinski definition) is 1. The second-order valence-corrected chi connectivity index (χ2v) is 6.46. The van der Waals surface area contributed by atoms with Crippen LogP contribution in [0.4, 0.5) is 15.8 Å². The second-order valence-electron chi connectivity index (χ2n) is 4.49. The number of nitrogens with zero attached hydrogens (tertiary/aromatic N) is 1. The Morgan fingerprint density at radius 3 is 2.45 bits per heavy atom. The third-order valence-electron chi connectivity index (χ3n) is 2.99. The third kappa shape index (κ3) is 2.60. The summed E-state index contributed by atoms with van der Waals surface area (Å²) in [5, 5.41) is 0. The predicted molar refractivity (Wildman–Crippen MR) is 77.6 cm³/mol. The molecule has 2 rings (SSSR count). The van der Waals surface area contributed by atoms with E-state index in [1.807, 2.05) is 13.0 Å². The van der Waals surface area contributed by atoms with Crippen LogP contribution in [-0.2, 0) is 10.0 Å². The fourth-order valence-electron chi connectivity index (χ4n) is 1.80. The lowest BCUT2D eigenvalue weighted by Gasteiger charge is -2.20. The van der Waals surface area contributed by atoms with Crippen LogP contribution in [0.5, 0.6) is 0 Å². The van der Waals surface area contributed by atoms with E-state index in [9.17, 15) is 12.8 Å². The van der Waals surface area contributed by atoms with Crippen molar-refractivity contribution in [1.29, 1.82) is 0 Å². The number of nitrogens with two attached hydrogens (primary N) is 1. The maximum Gasteiger partial charge on any atom is 0.264 e. The topological polar surface area (TPSA) is 63.4 Å². The number of rotatable bonds is 3. The fourth-order valence-corrected chi connectivity index (χ4v) is 3.03. The van der Waals surface area contributed by atoms with Crippen molar-refractivity contribution >= 4 is 21.4 Å². The molecule has 0 unspecified atom stereocenters. The normalized spacial score (nSPS) is 11.3. The Morgan fingerprint density at radius 2 is 1.85 bits per heavy atom. The largest absolute Gasteiger partial charge is 0.396 e. The van der Waals surface area contributed by atoms with Crippen LogP contribution in [-0.4, -0.2) is 15.5 Å². The van der Waals surface area contributed by atoms with Gasteiger partial charge in [0.25, 0.3) is 10.0 Å². The summed E-state index contributed by atoms with van der Waals surface area (Å²) in [5.41, 5.74) is 6.71. The van der Waals surface area contributed by atoms with Gasteiger partial charge in [-0.3, -0.25) is 4.31 Å². The monoisotopic (exact) mass is 294 g/mol. The number of halogens is 1. The van der Waals surface area contributed by atoms with Gasteiger partial charge in [0, 0.05) is 7.05 Å². The Morgan fingerprint density at radius 1 is 1.15 bits per heavy atom. The SMILES string of the molecule is Cc1cccc(N(C)S(=O)(=O)c2ccc(F)c(N)c2)c1. The van der Waals surface area contributed by atoms with Gasteiger partial charge in [-0.05, 0) is 42.8 Å². The number of nitrogen functional groups attached to an aromatic ring is 1. The highest BCUT2D eigenvalue weighted by atomic mass is 32.2. The first-order chi connectivity index (χ1) is 9.32. The standard InChI is InChI=1S/C14H15FN2O2S/c1-10-4-3-5-11(8-10)17(2)20(18,19)12-6-7-13(15)14(16)9-12/h3-9H,16H2,1-2H3. The summed E-state index contributed by atoms with van der Waals surface area (Å²) in [4.78, 5) is -0.0413. The van der Waals surface area contributed by atoms with Crippen molar-refractivity contribution in [1.82, 2.24) is 0 Å². The summed E-state index contributed by atoms with van der Waals surface area (Å²) < 4.78 is 39.2. The molecular weight excluding hydrogens is 279 g/mol. The minimum absolute atomic E-state index is 0.0413. The van der Waals surface area contributed by atoms with E-state index in [1.54, 1.807) is 18.2 Å². The van der Waals surface area contributed by atoms with Gasteiger partial charge in [-0.15, -0.1) is 0 Å². The van der Waals surface area contributed by atoms with Crippen LogP contribution in [0, 0.1) is 12.7 Å². The summed E-state index contributed by atoms with van der Waals surface area (Å²) in [6, 6.07) is 10.5. The highest BCUT2D eigenvalue weighted by Gasteiger charge is 2.22. The molecule has 106 valence electrons. The molecule has 0 atom stereocenters. The van der Waals surface area contributed by atoms with Crippen molar-refractivity contribution in [3.05, 3.63) is 53.8 Å². The highest BCUT2D eigenvalue weighted by molar-refractivity contribution is 7.92. The van der Waals surface area contributed by atoms with E-state index in [4.69, 9.17) is 5.73 Å². The molecule has 0 bridgehead atoms. The zero-order chi connectivity index (χ0) is 14.9. The van der Waals surface area contributed by atoms with E-state index in [1.165, 1.54) is 13.1 Å². The molecule has 0 aliphatic rings. The Labute approximate surface area is 117 Å². The summed E-state index contributed by atoms with van der Waals surface area (Å²) in [6.45, 7) is 1.87. The van der Waals surface area contributed by atoms with Crippen molar-refractivity contribution in [3.63, 3.8) is 0 Å². The number of hydrogen-bond acceptors (Lipinski definition) is 3. The number of anilines is 2. The van der Waals surface area contributed by atoms with Gasteiger partial charge in [0.1, 0.15) is 5.82 Å². The van der Waals surface area contributed by atoms with Crippen LogP contribution < -0.4 is 10.0 Å². The molecule has 2 N–H and O–H groups in total. The molecule has 0 spiro atoms. The molecule has 6 heteroatoms. The van der Waals surface area contributed by atoms with Gasteiger partial charge in [0.15, 0.2) is 0 Å². The summed E-state index contributed by atoms with van der Waals surface area (Å²) in [7, 11) is -2.31. The molecule has 0 radical (unpaired) electrons. The van der Waals surface area contributed by atoms with Crippen LogP contribution >= 0.6 is 0 Å². The first-order valence-corrected chi connectivity index (χ1v) is 7.37. The van der Waals surface area contributed by atoms with Gasteiger partial charge in [0.2, 0.25) is 0 Å². The molecule has 0 heterocycles. The Kier molecular flexibility index (Phi) is 3.67. The predicted octanol–water partition coefficient (Wildman–Crippen LogP) is 2.54. The first kappa shape index (κ1) is 14.3. The van der Waals surface area contributed by atoms with Crippen LogP contribution in [0.3, 0.4) is 0 Å². The molecule has 0 aliphatic heterocycles. The zero-order valence-electron chi connectivity index (χ0n) is 11.2. The van der Waals surface area contributed by atoms with Crippen LogP contribution in [0.1, 0.15) is 5.56 Å². The van der Waals surface area contributed by atoms with E-state index in [0.29, 0.717) is 5.69 Å². The van der Waals surface area contributed by atoms with Crippen molar-refractivity contribution in [2.45, 2.75) is 11.8 Å². The van der Waals surface area contributed by atoms with Gasteiger partial charge < -0.3 is 5.73 Å². The van der Waals surface area contributed by atoms with Crippen molar-refractivity contribution in [2.75, 3.05) is 17.1 Å². The Hall–Kier alpha value is -2.08. The molecule has 0 fully saturated rings. The van der Waals surface area contributed by atoms with E-state index in [2.05, 4.69) is 0 Å². The lowest BCUT2D eigenvalue weighted by atomic mass is 10.2. The molecule has 0 aliphatic carbocycles. The summed E-state index contributed by atoms with van der Waals surface area (Å²) in [5.74, 6) is -0.637. The molecule has 2 aromatic carbocycles. The Bertz CT molecular complexity index is 745. The lowest BCUT2D eigenvalue weighted by molar-refractivity contribution is 0.593. The van der Waals surface area contributed by atoms with Crippen LogP contribution in [0.25, 0.3) is 0 Å². The van der Waals surface area contributed by atoms with Crippen LogP contribution in [0.2, 0.25) is 0 Å². The number of aryl methyl sites for hydroxylation is 1. The fraction of sp³-hybridized carbons (Fsp3) is 0.143. The maximum atomic E-state index is 13.1. The first-order valence-electron chi connectivity index (χ1n) is 5.93. The minimum Gasteiger partial charge on any atom is -0.396 e. The quantitative estimate of drug-likeness (QED) is 0.885. The van der Waals surface area contributed by atoms with Crippen molar-refractivity contribution in [3.8, 4) is 0 Å². The molecular formula is C14H15FN2O2S. The molecule has 4 nitrogen and oxygen atoms in total. The van der Waals surface area contributed by atoms with Gasteiger partial charge >= 0.3 is 0 Å². The minimum atomic E-state index is -3.76. The highest BCUT2D eigenvalue weighted by Crippen LogP contribution is 2.24. The summed E-state index contributed by atoms with van der Waals surface area (Å²) in [6.07, 6.45) is 0. The van der Waals surface area contributed by atoms with Gasteiger partial charge in [-0.1, -0.05) is 12.1 Å². The van der Waals surface area contributed by atoms with Gasteiger partial charge in [-0.2, -0.15) is 0 Å². The van der Waals surface area contributed by atoms with E-state index < -0.39 is 15.8 Å². The molecule has 0 saturated carbocycles. The van der Waals surface area contributed by atoms with Crippen LogP contribution in [0.15, 0.2) is 47.4 Å². The van der Waals surface area contributed by atoms with E-state index in [-0.39, 0.29) is 10.6 Å². The average molecular weight is 294 g/mol. The number of sulfonamides is 1. The van der Waals surface area contributed by atoms with Crippen molar-refractivity contribution in [2.24, 2.45) is 0 Å². The van der Waals surface area contributed by atoms with Crippen molar-refractivity contribution < 1.29 is 12.8 Å². The third-order valence-corrected chi connectivity index (χ3v) is 4.77. The lowest BCUT2D eigenvalue weighted by Crippen LogP contribution is -2.26. The molecule has 2 aromatic rings. The number of benzene rings is 2. The maximum absolute atomic E-state index is 13.1. The smallest absolute Gasteiger partial charge is 0.264 e. The molecule has 20 heavy (non-hydrogen) atoms. The van der Waals surface area contributed by atoms with E-state index in [0.717, 1.165) is 22.0 Å². The Balaban J connectivity index is 2.46. The van der Waals surface area contributed by atoms with E-state index >= 15 is 0 Å². The summed E-state index contributed by atoms with van der Waals surface area (Å²) >= 11 is 0. The average Bonchev–Trinajstić information content (AvgIpc) is 2.40. The zero-order valence-corrected chi connectivity index (χ0v) is 12.0. The van der Waals surface area contributed by atoms with Gasteiger partial charge in [0.05, 0.1) is 16.3 Å².